The van der Waals surface area contributed by atoms with Crippen molar-refractivity contribution in [1.29, 1.82) is 0 Å². The first-order valence-electron chi connectivity index (χ1n) is 16.1. The molecule has 0 saturated carbocycles. The molecule has 0 aliphatic rings. The zero-order chi connectivity index (χ0) is 35.2. The van der Waals surface area contributed by atoms with Crippen LogP contribution in [0.4, 0.5) is 4.79 Å². The van der Waals surface area contributed by atoms with Crippen molar-refractivity contribution in [3.63, 3.8) is 0 Å². The number of unbranched alkanes of at least 4 members (excludes halogenated alkanes) is 3. The van der Waals surface area contributed by atoms with Crippen molar-refractivity contribution in [2.75, 3.05) is 12.3 Å². The number of esters is 1. The summed E-state index contributed by atoms with van der Waals surface area (Å²) in [6, 6.07) is 12.8. The number of nitrogens with zero attached hydrogens (tertiary/aromatic N) is 1. The standard InChI is InChI=1S/C37H51N3O6S/c1-9-11-12-16-23-40(33(42)30(25-47)39-35(44)46-37(6,7)8)31(28-21-19-26(10-2)20-22-28)32(41)38-29(34(43)45-36(3,4)5)24-27-17-14-13-15-18-27/h2,13-15,17-22,29-31,47H,9,11-12,16,23-25H2,1,3-8H3,(H,38,41)(H,39,44). The zero-order valence-electron chi connectivity index (χ0n) is 28.8. The summed E-state index contributed by atoms with van der Waals surface area (Å²) in [5.74, 6) is 0.840. The van der Waals surface area contributed by atoms with Crippen LogP contribution in [0.25, 0.3) is 0 Å². The summed E-state index contributed by atoms with van der Waals surface area (Å²) >= 11 is 4.37. The van der Waals surface area contributed by atoms with Gasteiger partial charge in [-0.2, -0.15) is 12.6 Å². The Kier molecular flexibility index (Phi) is 15.3. The summed E-state index contributed by atoms with van der Waals surface area (Å²) in [5, 5.41) is 5.53. The molecular formula is C37H51N3O6S. The minimum absolute atomic E-state index is 0.0392. The first-order chi connectivity index (χ1) is 22.1. The number of hydrogen-bond acceptors (Lipinski definition) is 7. The van der Waals surface area contributed by atoms with Gasteiger partial charge in [0.15, 0.2) is 0 Å². The van der Waals surface area contributed by atoms with E-state index in [-0.39, 0.29) is 18.7 Å². The second kappa shape index (κ2) is 18.4. The molecule has 3 unspecified atom stereocenters. The van der Waals surface area contributed by atoms with Gasteiger partial charge in [0, 0.05) is 24.3 Å². The van der Waals surface area contributed by atoms with Crippen LogP contribution in [-0.4, -0.2) is 64.4 Å². The molecule has 0 spiro atoms. The summed E-state index contributed by atoms with van der Waals surface area (Å²) in [4.78, 5) is 56.4. The van der Waals surface area contributed by atoms with E-state index in [2.05, 4.69) is 36.1 Å². The fourth-order valence-corrected chi connectivity index (χ4v) is 5.06. The largest absolute Gasteiger partial charge is 0.458 e. The number of thiol groups is 1. The maximum absolute atomic E-state index is 14.4. The maximum atomic E-state index is 14.4. The number of hydrogen-bond donors (Lipinski definition) is 3. The number of carbonyl (C=O) groups excluding carboxylic acids is 4. The van der Waals surface area contributed by atoms with Crippen LogP contribution >= 0.6 is 12.6 Å². The number of nitrogens with one attached hydrogen (secondary N) is 2. The molecule has 3 amide bonds. The average Bonchev–Trinajstić information content (AvgIpc) is 2.99. The van der Waals surface area contributed by atoms with E-state index < -0.39 is 53.2 Å². The van der Waals surface area contributed by atoms with E-state index in [4.69, 9.17) is 15.9 Å². The Labute approximate surface area is 285 Å². The number of rotatable bonds is 15. The van der Waals surface area contributed by atoms with Gasteiger partial charge in [-0.25, -0.2) is 9.59 Å². The van der Waals surface area contributed by atoms with Gasteiger partial charge in [-0.3, -0.25) is 9.59 Å². The SMILES string of the molecule is C#Cc1ccc(C(C(=O)NC(Cc2ccccc2)C(=O)OC(C)(C)C)N(CCCCCC)C(=O)C(CS)NC(=O)OC(C)(C)C)cc1. The van der Waals surface area contributed by atoms with Crippen LogP contribution in [0.1, 0.15) is 96.9 Å². The lowest BCUT2D eigenvalue weighted by molar-refractivity contribution is -0.159. The number of carbonyl (C=O) groups is 4. The van der Waals surface area contributed by atoms with Gasteiger partial charge in [0.05, 0.1) is 0 Å². The van der Waals surface area contributed by atoms with Gasteiger partial charge in [0.25, 0.3) is 0 Å². The Bertz CT molecular complexity index is 1360. The summed E-state index contributed by atoms with van der Waals surface area (Å²) in [7, 11) is 0. The molecule has 2 rings (SSSR count). The van der Waals surface area contributed by atoms with Gasteiger partial charge in [-0.05, 0) is 71.2 Å². The number of alkyl carbamates (subject to hydrolysis) is 1. The van der Waals surface area contributed by atoms with Crippen LogP contribution in [0.3, 0.4) is 0 Å². The van der Waals surface area contributed by atoms with Crippen LogP contribution in [0.15, 0.2) is 54.6 Å². The first kappa shape index (κ1) is 39.2. The van der Waals surface area contributed by atoms with Crippen molar-refractivity contribution in [3.8, 4) is 12.3 Å². The number of ether oxygens (including phenoxy) is 2. The predicted octanol–water partition coefficient (Wildman–Crippen LogP) is 6.01. The summed E-state index contributed by atoms with van der Waals surface area (Å²) < 4.78 is 11.1. The number of terminal acetylenes is 1. The molecule has 0 bridgehead atoms. The fraction of sp³-hybridized carbons (Fsp3) is 0.514. The van der Waals surface area contributed by atoms with Crippen LogP contribution in [0.5, 0.6) is 0 Å². The number of benzene rings is 2. The van der Waals surface area contributed by atoms with Gasteiger partial charge in [0.2, 0.25) is 11.8 Å². The molecule has 2 aromatic rings. The average molecular weight is 666 g/mol. The maximum Gasteiger partial charge on any atom is 0.408 e. The summed E-state index contributed by atoms with van der Waals surface area (Å²) in [6.45, 7) is 12.7. The highest BCUT2D eigenvalue weighted by Crippen LogP contribution is 2.25. The molecule has 10 heteroatoms. The molecule has 2 aromatic carbocycles. The molecule has 0 aromatic heterocycles. The smallest absolute Gasteiger partial charge is 0.408 e. The Balaban J connectivity index is 2.60. The molecule has 0 aliphatic carbocycles. The lowest BCUT2D eigenvalue weighted by Gasteiger charge is -2.35. The number of amides is 3. The predicted molar refractivity (Wildman–Crippen MR) is 188 cm³/mol. The summed E-state index contributed by atoms with van der Waals surface area (Å²) in [6.07, 6.45) is 8.35. The molecule has 2 N–H and O–H groups in total. The lowest BCUT2D eigenvalue weighted by atomic mass is 9.99. The van der Waals surface area contributed by atoms with Crippen molar-refractivity contribution >= 4 is 36.5 Å². The highest BCUT2D eigenvalue weighted by molar-refractivity contribution is 7.80. The van der Waals surface area contributed by atoms with Crippen LogP contribution in [0.2, 0.25) is 0 Å². The van der Waals surface area contributed by atoms with Gasteiger partial charge < -0.3 is 25.0 Å². The van der Waals surface area contributed by atoms with Crippen molar-refractivity contribution < 1.29 is 28.7 Å². The monoisotopic (exact) mass is 665 g/mol. The molecule has 0 saturated heterocycles. The third-order valence-corrected chi connectivity index (χ3v) is 7.32. The van der Waals surface area contributed by atoms with E-state index >= 15 is 0 Å². The first-order valence-corrected chi connectivity index (χ1v) is 16.8. The van der Waals surface area contributed by atoms with Gasteiger partial charge in [-0.1, -0.05) is 74.6 Å². The van der Waals surface area contributed by atoms with Gasteiger partial charge in [0.1, 0.15) is 29.3 Å². The normalized spacial score (nSPS) is 13.3. The quantitative estimate of drug-likeness (QED) is 0.0930. The van der Waals surface area contributed by atoms with E-state index in [1.54, 1.807) is 65.8 Å². The molecule has 256 valence electrons. The van der Waals surface area contributed by atoms with E-state index in [1.165, 1.54) is 4.90 Å². The van der Waals surface area contributed by atoms with Crippen molar-refractivity contribution in [2.45, 2.75) is 110 Å². The van der Waals surface area contributed by atoms with Crippen LogP contribution in [-0.2, 0) is 30.3 Å². The van der Waals surface area contributed by atoms with Crippen LogP contribution < -0.4 is 10.6 Å². The highest BCUT2D eigenvalue weighted by Gasteiger charge is 2.38. The topological polar surface area (TPSA) is 114 Å². The fourth-order valence-electron chi connectivity index (χ4n) is 4.81. The van der Waals surface area contributed by atoms with Crippen molar-refractivity contribution in [2.24, 2.45) is 0 Å². The van der Waals surface area contributed by atoms with Crippen molar-refractivity contribution in [3.05, 3.63) is 71.3 Å². The molecule has 47 heavy (non-hydrogen) atoms. The Hall–Kier alpha value is -3.97. The molecule has 0 fully saturated rings. The van der Waals surface area contributed by atoms with E-state index in [1.807, 2.05) is 30.3 Å². The van der Waals surface area contributed by atoms with Crippen LogP contribution in [0, 0.1) is 12.3 Å². The molecule has 0 heterocycles. The molecule has 0 radical (unpaired) electrons. The molecule has 0 aliphatic heterocycles. The van der Waals surface area contributed by atoms with E-state index in [0.29, 0.717) is 17.5 Å². The minimum Gasteiger partial charge on any atom is -0.458 e. The van der Waals surface area contributed by atoms with E-state index in [0.717, 1.165) is 24.8 Å². The van der Waals surface area contributed by atoms with E-state index in [9.17, 15) is 19.2 Å². The third kappa shape index (κ3) is 13.7. The Morgan fingerprint density at radius 3 is 2.00 bits per heavy atom. The third-order valence-electron chi connectivity index (χ3n) is 6.95. The van der Waals surface area contributed by atoms with Crippen molar-refractivity contribution in [1.82, 2.24) is 15.5 Å². The van der Waals surface area contributed by atoms with Gasteiger partial charge in [-0.15, -0.1) is 6.42 Å². The zero-order valence-corrected chi connectivity index (χ0v) is 29.7. The Morgan fingerprint density at radius 2 is 1.47 bits per heavy atom. The molecule has 9 nitrogen and oxygen atoms in total. The second-order valence-corrected chi connectivity index (χ2v) is 13.8. The highest BCUT2D eigenvalue weighted by atomic mass is 32.1. The summed E-state index contributed by atoms with van der Waals surface area (Å²) in [5.41, 5.74) is 0.329. The lowest BCUT2D eigenvalue weighted by Crippen LogP contribution is -2.55. The second-order valence-electron chi connectivity index (χ2n) is 13.4. The minimum atomic E-state index is -1.17. The van der Waals surface area contributed by atoms with Gasteiger partial charge >= 0.3 is 12.1 Å². The Morgan fingerprint density at radius 1 is 0.851 bits per heavy atom. The molecule has 3 atom stereocenters. The molecular weight excluding hydrogens is 614 g/mol.